The molecule has 0 saturated carbocycles. The lowest BCUT2D eigenvalue weighted by Crippen LogP contribution is -2.48. The van der Waals surface area contributed by atoms with Crippen molar-refractivity contribution in [3.8, 4) is 0 Å². The number of hydrogen-bond acceptors (Lipinski definition) is 4. The van der Waals surface area contributed by atoms with Crippen molar-refractivity contribution in [3.05, 3.63) is 0 Å². The summed E-state index contributed by atoms with van der Waals surface area (Å²) in [5, 5.41) is 8.32. The largest absolute Gasteiger partial charge is 0.481 e. The predicted octanol–water partition coefficient (Wildman–Crippen LogP) is 0.833. The number of sulfone groups is 1. The second kappa shape index (κ2) is 4.71. The summed E-state index contributed by atoms with van der Waals surface area (Å²) in [5.41, 5.74) is 0. The normalized spacial score (nSPS) is 20.9. The number of rotatable bonds is 4. The van der Waals surface area contributed by atoms with E-state index in [1.165, 1.54) is 0 Å². The third-order valence-electron chi connectivity index (χ3n) is 3.10. The van der Waals surface area contributed by atoms with E-state index in [0.29, 0.717) is 13.2 Å². The molecule has 1 aliphatic heterocycles. The van der Waals surface area contributed by atoms with E-state index in [2.05, 4.69) is 0 Å². The van der Waals surface area contributed by atoms with Gasteiger partial charge in [0, 0.05) is 13.2 Å². The number of carboxylic acid groups (broad SMARTS) is 1. The third-order valence-corrected chi connectivity index (χ3v) is 6.10. The summed E-state index contributed by atoms with van der Waals surface area (Å²) in [4.78, 5) is 10.8. The van der Waals surface area contributed by atoms with Crippen molar-refractivity contribution in [2.45, 2.75) is 43.1 Å². The summed E-state index contributed by atoms with van der Waals surface area (Å²) in [6.07, 6.45) is 0.233. The van der Waals surface area contributed by atoms with Crippen molar-refractivity contribution in [2.75, 3.05) is 13.2 Å². The highest BCUT2D eigenvalue weighted by Gasteiger charge is 2.47. The van der Waals surface area contributed by atoms with Gasteiger partial charge in [-0.15, -0.1) is 0 Å². The van der Waals surface area contributed by atoms with Gasteiger partial charge in [0.25, 0.3) is 0 Å². The van der Waals surface area contributed by atoms with Gasteiger partial charge in [0.2, 0.25) is 0 Å². The van der Waals surface area contributed by atoms with Crippen LogP contribution in [0.25, 0.3) is 0 Å². The minimum Gasteiger partial charge on any atom is -0.481 e. The average molecular weight is 250 g/mol. The molecule has 0 aromatic carbocycles. The van der Waals surface area contributed by atoms with Gasteiger partial charge in [0.15, 0.2) is 9.84 Å². The van der Waals surface area contributed by atoms with Crippen LogP contribution >= 0.6 is 0 Å². The molecule has 94 valence electrons. The molecule has 0 amide bonds. The van der Waals surface area contributed by atoms with Crippen LogP contribution in [0.15, 0.2) is 0 Å². The quantitative estimate of drug-likeness (QED) is 0.799. The van der Waals surface area contributed by atoms with Gasteiger partial charge in [-0.05, 0) is 26.7 Å². The number of aliphatic carboxylic acids is 1. The molecule has 1 saturated heterocycles. The monoisotopic (exact) mass is 250 g/mol. The van der Waals surface area contributed by atoms with Crippen LogP contribution in [-0.4, -0.2) is 42.7 Å². The van der Waals surface area contributed by atoms with E-state index in [1.807, 2.05) is 0 Å². The number of hydrogen-bond donors (Lipinski definition) is 1. The van der Waals surface area contributed by atoms with Crippen LogP contribution in [0.1, 0.15) is 33.1 Å². The van der Waals surface area contributed by atoms with Crippen LogP contribution in [0.3, 0.4) is 0 Å². The van der Waals surface area contributed by atoms with E-state index < -0.39 is 25.8 Å². The molecule has 16 heavy (non-hydrogen) atoms. The Kier molecular flexibility index (Phi) is 3.96. The molecule has 1 fully saturated rings. The predicted molar refractivity (Wildman–Crippen MR) is 59.1 cm³/mol. The lowest BCUT2D eigenvalue weighted by molar-refractivity contribution is -0.138. The van der Waals surface area contributed by atoms with Crippen molar-refractivity contribution in [2.24, 2.45) is 0 Å². The Labute approximate surface area is 95.7 Å². The number of carbonyl (C=O) groups is 1. The molecule has 0 spiro atoms. The SMILES string of the molecule is CC(C)S(=O)(=O)C1(CC(=O)O)CCOCC1. The first-order valence-corrected chi connectivity index (χ1v) is 6.89. The second-order valence-electron chi connectivity index (χ2n) is 4.46. The second-order valence-corrected chi connectivity index (χ2v) is 7.36. The number of ether oxygens (including phenoxy) is 1. The molecule has 1 aliphatic rings. The van der Waals surface area contributed by atoms with Crippen molar-refractivity contribution in [1.29, 1.82) is 0 Å². The van der Waals surface area contributed by atoms with Crippen molar-refractivity contribution in [1.82, 2.24) is 0 Å². The molecule has 0 aliphatic carbocycles. The molecule has 0 radical (unpaired) electrons. The Hall–Kier alpha value is -0.620. The van der Waals surface area contributed by atoms with Gasteiger partial charge in [0.1, 0.15) is 0 Å². The maximum atomic E-state index is 12.2. The molecule has 0 aromatic rings. The van der Waals surface area contributed by atoms with E-state index in [9.17, 15) is 13.2 Å². The van der Waals surface area contributed by atoms with E-state index in [-0.39, 0.29) is 19.3 Å². The lowest BCUT2D eigenvalue weighted by Gasteiger charge is -2.36. The van der Waals surface area contributed by atoms with Crippen LogP contribution in [0.4, 0.5) is 0 Å². The van der Waals surface area contributed by atoms with Crippen LogP contribution in [0.5, 0.6) is 0 Å². The maximum Gasteiger partial charge on any atom is 0.304 e. The van der Waals surface area contributed by atoms with Gasteiger partial charge < -0.3 is 9.84 Å². The zero-order valence-electron chi connectivity index (χ0n) is 9.60. The fourth-order valence-corrected chi connectivity index (χ4v) is 4.14. The van der Waals surface area contributed by atoms with Crippen LogP contribution in [0.2, 0.25) is 0 Å². The Bertz CT molecular complexity index is 351. The Morgan fingerprint density at radius 3 is 2.25 bits per heavy atom. The topological polar surface area (TPSA) is 80.7 Å². The minimum absolute atomic E-state index is 0.278. The van der Waals surface area contributed by atoms with Crippen LogP contribution in [0, 0.1) is 0 Å². The molecule has 5 nitrogen and oxygen atoms in total. The molecule has 1 N–H and O–H groups in total. The Morgan fingerprint density at radius 1 is 1.38 bits per heavy atom. The summed E-state index contributed by atoms with van der Waals surface area (Å²) in [6, 6.07) is 0. The Morgan fingerprint density at radius 2 is 1.88 bits per heavy atom. The molecular weight excluding hydrogens is 232 g/mol. The zero-order valence-corrected chi connectivity index (χ0v) is 10.4. The summed E-state index contributed by atoms with van der Waals surface area (Å²) in [5.74, 6) is -1.06. The smallest absolute Gasteiger partial charge is 0.304 e. The van der Waals surface area contributed by atoms with Gasteiger partial charge in [-0.1, -0.05) is 0 Å². The zero-order chi connectivity index (χ0) is 12.4. The molecule has 0 bridgehead atoms. The van der Waals surface area contributed by atoms with Crippen LogP contribution < -0.4 is 0 Å². The first-order chi connectivity index (χ1) is 7.32. The van der Waals surface area contributed by atoms with Gasteiger partial charge in [-0.3, -0.25) is 4.79 Å². The van der Waals surface area contributed by atoms with Crippen molar-refractivity contribution >= 4 is 15.8 Å². The lowest BCUT2D eigenvalue weighted by atomic mass is 9.95. The third kappa shape index (κ3) is 2.38. The standard InChI is InChI=1S/C10H18O5S/c1-8(2)16(13,14)10(7-9(11)12)3-5-15-6-4-10/h8H,3-7H2,1-2H3,(H,11,12). The molecule has 1 rings (SSSR count). The molecular formula is C10H18O5S. The fraction of sp³-hybridized carbons (Fsp3) is 0.900. The van der Waals surface area contributed by atoms with Crippen LogP contribution in [-0.2, 0) is 19.4 Å². The van der Waals surface area contributed by atoms with Gasteiger partial charge in [-0.25, -0.2) is 8.42 Å². The van der Waals surface area contributed by atoms with E-state index in [1.54, 1.807) is 13.8 Å². The highest BCUT2D eigenvalue weighted by atomic mass is 32.2. The Balaban J connectivity index is 3.08. The fourth-order valence-electron chi connectivity index (χ4n) is 2.08. The van der Waals surface area contributed by atoms with Gasteiger partial charge in [0.05, 0.1) is 16.4 Å². The summed E-state index contributed by atoms with van der Waals surface area (Å²) in [6.45, 7) is 3.82. The highest BCUT2D eigenvalue weighted by Crippen LogP contribution is 2.35. The maximum absolute atomic E-state index is 12.2. The molecule has 6 heteroatoms. The van der Waals surface area contributed by atoms with Crippen molar-refractivity contribution in [3.63, 3.8) is 0 Å². The molecule has 0 atom stereocenters. The molecule has 0 unspecified atom stereocenters. The van der Waals surface area contributed by atoms with E-state index in [4.69, 9.17) is 9.84 Å². The van der Waals surface area contributed by atoms with Crippen molar-refractivity contribution < 1.29 is 23.1 Å². The molecule has 1 heterocycles. The summed E-state index contributed by atoms with van der Waals surface area (Å²) in [7, 11) is -3.42. The highest BCUT2D eigenvalue weighted by molar-refractivity contribution is 7.93. The molecule has 0 aromatic heterocycles. The van der Waals surface area contributed by atoms with E-state index in [0.717, 1.165) is 0 Å². The minimum atomic E-state index is -3.42. The van der Waals surface area contributed by atoms with E-state index >= 15 is 0 Å². The average Bonchev–Trinajstić information content (AvgIpc) is 2.17. The van der Waals surface area contributed by atoms with Gasteiger partial charge in [-0.2, -0.15) is 0 Å². The number of carboxylic acids is 1. The first-order valence-electron chi connectivity index (χ1n) is 5.35. The summed E-state index contributed by atoms with van der Waals surface area (Å²) < 4.78 is 28.4. The summed E-state index contributed by atoms with van der Waals surface area (Å²) >= 11 is 0. The first kappa shape index (κ1) is 13.4. The van der Waals surface area contributed by atoms with Gasteiger partial charge >= 0.3 is 5.97 Å².